The van der Waals surface area contributed by atoms with E-state index in [0.717, 1.165) is 10.0 Å². The van der Waals surface area contributed by atoms with Gasteiger partial charge in [0.15, 0.2) is 5.82 Å². The molecule has 1 aromatic heterocycles. The van der Waals surface area contributed by atoms with Crippen LogP contribution in [0.2, 0.25) is 0 Å². The summed E-state index contributed by atoms with van der Waals surface area (Å²) >= 11 is 3.34. The van der Waals surface area contributed by atoms with Crippen molar-refractivity contribution in [1.82, 2.24) is 15.0 Å². The fourth-order valence-electron chi connectivity index (χ4n) is 1.97. The van der Waals surface area contributed by atoms with Crippen LogP contribution in [0.4, 0.5) is 0 Å². The number of nitrogens with zero attached hydrogens (tertiary/aromatic N) is 3. The van der Waals surface area contributed by atoms with Crippen LogP contribution in [-0.4, -0.2) is 45.2 Å². The molecule has 0 unspecified atom stereocenters. The molecular weight excluding hydrogens is 382 g/mol. The average molecular weight is 398 g/mol. The maximum Gasteiger partial charge on any atom is 0.323 e. The summed E-state index contributed by atoms with van der Waals surface area (Å²) in [6.07, 6.45) is 0. The van der Waals surface area contributed by atoms with Gasteiger partial charge in [0.25, 0.3) is 5.89 Å². The van der Waals surface area contributed by atoms with Crippen LogP contribution in [-0.2, 0) is 27.5 Å². The number of aromatic nitrogens is 2. The quantitative estimate of drug-likeness (QED) is 0.723. The number of hydrogen-bond acceptors (Lipinski definition) is 6. The van der Waals surface area contributed by atoms with Gasteiger partial charge in [-0.2, -0.15) is 4.98 Å². The van der Waals surface area contributed by atoms with Gasteiger partial charge in [0, 0.05) is 11.0 Å². The fourth-order valence-corrected chi connectivity index (χ4v) is 2.41. The van der Waals surface area contributed by atoms with Crippen molar-refractivity contribution in [3.8, 4) is 0 Å². The number of rotatable bonds is 8. The van der Waals surface area contributed by atoms with E-state index in [1.54, 1.807) is 6.92 Å². The number of hydrogen-bond donors (Lipinski definition) is 1. The number of amides is 1. The van der Waals surface area contributed by atoms with Crippen molar-refractivity contribution in [1.29, 1.82) is 0 Å². The maximum absolute atomic E-state index is 12.2. The first-order valence-corrected chi connectivity index (χ1v) is 7.84. The smallest absolute Gasteiger partial charge is 0.323 e. The van der Waals surface area contributed by atoms with Gasteiger partial charge in [-0.1, -0.05) is 33.2 Å². The minimum atomic E-state index is -1.09. The Bertz CT molecular complexity index is 719. The summed E-state index contributed by atoms with van der Waals surface area (Å²) in [5.74, 6) is -0.793. The minimum Gasteiger partial charge on any atom is -0.480 e. The molecule has 0 aliphatic carbocycles. The molecule has 0 fully saturated rings. The van der Waals surface area contributed by atoms with E-state index in [4.69, 9.17) is 14.4 Å². The standard InChI is InChI=1S/C15H16BrN3O5/c1-10-17-13(24-18-10)8-23-9-14(20)19(7-15(21)22)6-11-3-2-4-12(16)5-11/h2-5H,6-9H2,1H3,(H,21,22). The zero-order chi connectivity index (χ0) is 17.5. The van der Waals surface area contributed by atoms with Gasteiger partial charge < -0.3 is 19.3 Å². The molecule has 1 N–H and O–H groups in total. The molecule has 0 saturated heterocycles. The molecule has 0 spiro atoms. The summed E-state index contributed by atoms with van der Waals surface area (Å²) < 4.78 is 11.0. The lowest BCUT2D eigenvalue weighted by Crippen LogP contribution is -2.37. The number of carboxylic acid groups (broad SMARTS) is 1. The predicted octanol–water partition coefficient (Wildman–Crippen LogP) is 1.77. The van der Waals surface area contributed by atoms with Crippen LogP contribution in [0.1, 0.15) is 17.3 Å². The summed E-state index contributed by atoms with van der Waals surface area (Å²) in [5.41, 5.74) is 0.812. The van der Waals surface area contributed by atoms with E-state index in [1.165, 1.54) is 4.90 Å². The van der Waals surface area contributed by atoms with Gasteiger partial charge in [-0.25, -0.2) is 0 Å². The molecule has 0 atom stereocenters. The highest BCUT2D eigenvalue weighted by molar-refractivity contribution is 9.10. The Morgan fingerprint density at radius 1 is 1.42 bits per heavy atom. The summed E-state index contributed by atoms with van der Waals surface area (Å²) in [5, 5.41) is 12.6. The Morgan fingerprint density at radius 3 is 2.83 bits per heavy atom. The molecule has 2 aromatic rings. The Labute approximate surface area is 146 Å². The van der Waals surface area contributed by atoms with E-state index in [2.05, 4.69) is 26.1 Å². The molecule has 0 bridgehead atoms. The third-order valence-electron chi connectivity index (χ3n) is 2.96. The van der Waals surface area contributed by atoms with Gasteiger partial charge in [0.05, 0.1) is 0 Å². The van der Waals surface area contributed by atoms with Crippen LogP contribution in [0, 0.1) is 6.92 Å². The van der Waals surface area contributed by atoms with Gasteiger partial charge >= 0.3 is 5.97 Å². The number of ether oxygens (including phenoxy) is 1. The van der Waals surface area contributed by atoms with Gasteiger partial charge in [0.2, 0.25) is 5.91 Å². The number of aliphatic carboxylic acids is 1. The molecule has 0 aliphatic rings. The molecule has 1 heterocycles. The van der Waals surface area contributed by atoms with E-state index in [-0.39, 0.29) is 25.6 Å². The minimum absolute atomic E-state index is 0.00955. The van der Waals surface area contributed by atoms with Crippen molar-refractivity contribution in [2.24, 2.45) is 0 Å². The van der Waals surface area contributed by atoms with Crippen LogP contribution in [0.25, 0.3) is 0 Å². The molecule has 0 radical (unpaired) electrons. The number of benzene rings is 1. The molecular formula is C15H16BrN3O5. The lowest BCUT2D eigenvalue weighted by Gasteiger charge is -2.20. The Kier molecular flexibility index (Phi) is 6.44. The summed E-state index contributed by atoms with van der Waals surface area (Å²) in [6, 6.07) is 7.30. The highest BCUT2D eigenvalue weighted by atomic mass is 79.9. The average Bonchev–Trinajstić information content (AvgIpc) is 2.91. The molecule has 128 valence electrons. The molecule has 9 heteroatoms. The second kappa shape index (κ2) is 8.55. The molecule has 8 nitrogen and oxygen atoms in total. The van der Waals surface area contributed by atoms with Crippen molar-refractivity contribution in [2.45, 2.75) is 20.1 Å². The fraction of sp³-hybridized carbons (Fsp3) is 0.333. The molecule has 1 aromatic carbocycles. The second-order valence-electron chi connectivity index (χ2n) is 5.00. The van der Waals surface area contributed by atoms with Crippen LogP contribution >= 0.6 is 15.9 Å². The number of carbonyl (C=O) groups is 2. The van der Waals surface area contributed by atoms with Gasteiger partial charge in [-0.15, -0.1) is 0 Å². The first-order chi connectivity index (χ1) is 11.4. The first kappa shape index (κ1) is 18.1. The first-order valence-electron chi connectivity index (χ1n) is 7.05. The number of halogens is 1. The lowest BCUT2D eigenvalue weighted by atomic mass is 10.2. The maximum atomic E-state index is 12.2. The van der Waals surface area contributed by atoms with Crippen molar-refractivity contribution >= 4 is 27.8 Å². The molecule has 0 aliphatic heterocycles. The predicted molar refractivity (Wildman–Crippen MR) is 85.9 cm³/mol. The van der Waals surface area contributed by atoms with Gasteiger partial charge in [0.1, 0.15) is 19.8 Å². The Morgan fingerprint density at radius 2 is 2.21 bits per heavy atom. The monoisotopic (exact) mass is 397 g/mol. The number of carboxylic acids is 1. The van der Waals surface area contributed by atoms with Crippen molar-refractivity contribution in [3.05, 3.63) is 46.0 Å². The van der Waals surface area contributed by atoms with Gasteiger partial charge in [-0.05, 0) is 24.6 Å². The highest BCUT2D eigenvalue weighted by Crippen LogP contribution is 2.13. The van der Waals surface area contributed by atoms with Crippen LogP contribution < -0.4 is 0 Å². The largest absolute Gasteiger partial charge is 0.480 e. The van der Waals surface area contributed by atoms with E-state index < -0.39 is 18.4 Å². The number of aryl methyl sites for hydroxylation is 1. The van der Waals surface area contributed by atoms with E-state index in [0.29, 0.717) is 5.82 Å². The lowest BCUT2D eigenvalue weighted by molar-refractivity contribution is -0.147. The zero-order valence-electron chi connectivity index (χ0n) is 12.9. The third-order valence-corrected chi connectivity index (χ3v) is 3.46. The second-order valence-corrected chi connectivity index (χ2v) is 5.92. The third kappa shape index (κ3) is 5.74. The normalized spacial score (nSPS) is 10.6. The van der Waals surface area contributed by atoms with Gasteiger partial charge in [-0.3, -0.25) is 9.59 Å². The van der Waals surface area contributed by atoms with Crippen LogP contribution in [0.15, 0.2) is 33.3 Å². The van der Waals surface area contributed by atoms with E-state index in [9.17, 15) is 9.59 Å². The van der Waals surface area contributed by atoms with Crippen molar-refractivity contribution in [2.75, 3.05) is 13.2 Å². The van der Waals surface area contributed by atoms with E-state index >= 15 is 0 Å². The Balaban J connectivity index is 1.93. The molecule has 1 amide bonds. The topological polar surface area (TPSA) is 106 Å². The Hall–Kier alpha value is -2.26. The SMILES string of the molecule is Cc1noc(COCC(=O)N(CC(=O)O)Cc2cccc(Br)c2)n1. The molecule has 24 heavy (non-hydrogen) atoms. The number of carbonyl (C=O) groups excluding carboxylic acids is 1. The van der Waals surface area contributed by atoms with E-state index in [1.807, 2.05) is 24.3 Å². The highest BCUT2D eigenvalue weighted by Gasteiger charge is 2.18. The summed E-state index contributed by atoms with van der Waals surface area (Å²) in [7, 11) is 0. The molecule has 0 saturated carbocycles. The van der Waals surface area contributed by atoms with Crippen molar-refractivity contribution < 1.29 is 24.0 Å². The zero-order valence-corrected chi connectivity index (χ0v) is 14.5. The molecule has 2 rings (SSSR count). The van der Waals surface area contributed by atoms with Crippen LogP contribution in [0.3, 0.4) is 0 Å². The summed E-state index contributed by atoms with van der Waals surface area (Å²) in [4.78, 5) is 28.4. The van der Waals surface area contributed by atoms with Crippen LogP contribution in [0.5, 0.6) is 0 Å². The van der Waals surface area contributed by atoms with Crippen molar-refractivity contribution in [3.63, 3.8) is 0 Å². The summed E-state index contributed by atoms with van der Waals surface area (Å²) in [6.45, 7) is 1.15.